The van der Waals surface area contributed by atoms with Crippen molar-refractivity contribution in [3.8, 4) is 0 Å². The Kier molecular flexibility index (Phi) is 25.8. The molecule has 0 N–H and O–H groups in total. The van der Waals surface area contributed by atoms with E-state index in [0.29, 0.717) is 0 Å². The van der Waals surface area contributed by atoms with E-state index >= 15 is 0 Å². The van der Waals surface area contributed by atoms with E-state index in [1.165, 1.54) is 5.56 Å². The molecule has 1 aromatic carbocycles. The molecular weight excluding hydrogens is 257 g/mol. The maximum Gasteiger partial charge on any atom is 2.00 e. The first-order chi connectivity index (χ1) is 5.13. The average Bonchev–Trinajstić information content (AvgIpc) is 1.87. The first-order valence-corrected chi connectivity index (χ1v) is 4.14. The van der Waals surface area contributed by atoms with Gasteiger partial charge < -0.3 is 14.9 Å². The molecule has 0 amide bonds. The Labute approximate surface area is 104 Å². The number of benzene rings is 1. The second-order valence-electron chi connectivity index (χ2n) is 3.39. The SMILES string of the molecule is CC(C)C.Cc1ccccc1.[CH3-].[CH3-].[Ru+2]. The van der Waals surface area contributed by atoms with Crippen LogP contribution in [0.4, 0.5) is 0 Å². The van der Waals surface area contributed by atoms with Gasteiger partial charge in [-0.25, -0.2) is 0 Å². The van der Waals surface area contributed by atoms with Gasteiger partial charge in [0.2, 0.25) is 0 Å². The molecule has 0 radical (unpaired) electrons. The fourth-order valence-electron chi connectivity index (χ4n) is 0.534. The van der Waals surface area contributed by atoms with E-state index < -0.39 is 0 Å². The summed E-state index contributed by atoms with van der Waals surface area (Å²) >= 11 is 0. The van der Waals surface area contributed by atoms with Gasteiger partial charge in [0.25, 0.3) is 0 Å². The maximum atomic E-state index is 2.17. The smallest absolute Gasteiger partial charge is 0.358 e. The van der Waals surface area contributed by atoms with Crippen molar-refractivity contribution in [3.63, 3.8) is 0 Å². The summed E-state index contributed by atoms with van der Waals surface area (Å²) in [5, 5.41) is 0. The zero-order valence-corrected chi connectivity index (χ0v) is 12.1. The van der Waals surface area contributed by atoms with Crippen molar-refractivity contribution in [2.75, 3.05) is 0 Å². The van der Waals surface area contributed by atoms with Gasteiger partial charge in [0.05, 0.1) is 0 Å². The van der Waals surface area contributed by atoms with Gasteiger partial charge in [0, 0.05) is 0 Å². The molecular formula is C13H24Ru. The van der Waals surface area contributed by atoms with Crippen molar-refractivity contribution in [1.29, 1.82) is 0 Å². The quantitative estimate of drug-likeness (QED) is 0.483. The second kappa shape index (κ2) is 15.3. The van der Waals surface area contributed by atoms with Gasteiger partial charge in [0.15, 0.2) is 0 Å². The molecule has 0 heterocycles. The van der Waals surface area contributed by atoms with Crippen molar-refractivity contribution < 1.29 is 19.5 Å². The van der Waals surface area contributed by atoms with Crippen LogP contribution in [-0.4, -0.2) is 0 Å². The topological polar surface area (TPSA) is 0 Å². The number of rotatable bonds is 0. The molecule has 0 atom stereocenters. The van der Waals surface area contributed by atoms with Crippen LogP contribution >= 0.6 is 0 Å². The standard InChI is InChI=1S/C7H8.C4H10.2CH3.Ru/c1-7-5-3-2-4-6-7;1-4(2)3;;;/h2-6H,1H3;4H,1-3H3;2*1H3;/q;;2*-1;+2. The van der Waals surface area contributed by atoms with E-state index in [9.17, 15) is 0 Å². The molecule has 0 aliphatic rings. The number of aryl methyl sites for hydroxylation is 1. The molecule has 0 unspecified atom stereocenters. The van der Waals surface area contributed by atoms with Crippen LogP contribution in [0.3, 0.4) is 0 Å². The zero-order chi connectivity index (χ0) is 8.69. The molecule has 0 aromatic heterocycles. The Balaban J connectivity index is -0.0000000650. The normalized spacial score (nSPS) is 6.93. The minimum atomic E-state index is 0. The number of hydrogen-bond acceptors (Lipinski definition) is 0. The maximum absolute atomic E-state index is 2.17. The van der Waals surface area contributed by atoms with Gasteiger partial charge >= 0.3 is 19.5 Å². The molecule has 0 aliphatic carbocycles. The molecule has 0 saturated heterocycles. The van der Waals surface area contributed by atoms with Gasteiger partial charge in [-0.3, -0.25) is 0 Å². The van der Waals surface area contributed by atoms with E-state index in [-0.39, 0.29) is 34.3 Å². The third kappa shape index (κ3) is 22.6. The van der Waals surface area contributed by atoms with Crippen LogP contribution in [0.25, 0.3) is 0 Å². The van der Waals surface area contributed by atoms with E-state index in [2.05, 4.69) is 39.8 Å². The van der Waals surface area contributed by atoms with Crippen LogP contribution in [0, 0.1) is 27.7 Å². The Morgan fingerprint density at radius 2 is 1.14 bits per heavy atom. The summed E-state index contributed by atoms with van der Waals surface area (Å²) in [6, 6.07) is 10.3. The zero-order valence-electron chi connectivity index (χ0n) is 10.3. The van der Waals surface area contributed by atoms with Crippen molar-refractivity contribution in [2.45, 2.75) is 27.7 Å². The van der Waals surface area contributed by atoms with Crippen LogP contribution in [0.1, 0.15) is 26.3 Å². The molecule has 1 rings (SSSR count). The molecule has 0 saturated carbocycles. The summed E-state index contributed by atoms with van der Waals surface area (Å²) in [5.41, 5.74) is 1.32. The van der Waals surface area contributed by atoms with E-state index in [0.717, 1.165) is 5.92 Å². The first kappa shape index (κ1) is 23.6. The van der Waals surface area contributed by atoms with Crippen molar-refractivity contribution in [3.05, 3.63) is 50.7 Å². The Bertz CT molecular complexity index is 165. The summed E-state index contributed by atoms with van der Waals surface area (Å²) < 4.78 is 0. The third-order valence-electron chi connectivity index (χ3n) is 0.940. The van der Waals surface area contributed by atoms with Gasteiger partial charge in [-0.1, -0.05) is 56.7 Å². The molecule has 0 aliphatic heterocycles. The predicted molar refractivity (Wildman–Crippen MR) is 64.5 cm³/mol. The first-order valence-electron chi connectivity index (χ1n) is 4.14. The summed E-state index contributed by atoms with van der Waals surface area (Å²) in [7, 11) is 0. The summed E-state index contributed by atoms with van der Waals surface area (Å²) in [6.07, 6.45) is 0. The van der Waals surface area contributed by atoms with Crippen molar-refractivity contribution in [1.82, 2.24) is 0 Å². The number of hydrogen-bond donors (Lipinski definition) is 0. The Hall–Kier alpha value is -0.157. The Morgan fingerprint density at radius 1 is 0.857 bits per heavy atom. The minimum Gasteiger partial charge on any atom is -0.358 e. The van der Waals surface area contributed by atoms with Gasteiger partial charge in [0.1, 0.15) is 0 Å². The van der Waals surface area contributed by atoms with Crippen molar-refractivity contribution >= 4 is 0 Å². The van der Waals surface area contributed by atoms with Crippen LogP contribution in [0.2, 0.25) is 0 Å². The second-order valence-corrected chi connectivity index (χ2v) is 3.39. The molecule has 14 heavy (non-hydrogen) atoms. The molecule has 1 heteroatoms. The molecule has 84 valence electrons. The fraction of sp³-hybridized carbons (Fsp3) is 0.385. The average molecular weight is 281 g/mol. The van der Waals surface area contributed by atoms with E-state index in [1.54, 1.807) is 0 Å². The summed E-state index contributed by atoms with van der Waals surface area (Å²) in [6.45, 7) is 8.58. The van der Waals surface area contributed by atoms with Crippen LogP contribution in [0.5, 0.6) is 0 Å². The molecule has 0 fully saturated rings. The third-order valence-corrected chi connectivity index (χ3v) is 0.940. The summed E-state index contributed by atoms with van der Waals surface area (Å²) in [4.78, 5) is 0. The summed E-state index contributed by atoms with van der Waals surface area (Å²) in [5.74, 6) is 0.833. The largest absolute Gasteiger partial charge is 2.00 e. The van der Waals surface area contributed by atoms with E-state index in [4.69, 9.17) is 0 Å². The van der Waals surface area contributed by atoms with Crippen LogP contribution < -0.4 is 0 Å². The minimum absolute atomic E-state index is 0. The molecule has 0 nitrogen and oxygen atoms in total. The monoisotopic (exact) mass is 282 g/mol. The van der Waals surface area contributed by atoms with Crippen molar-refractivity contribution in [2.24, 2.45) is 5.92 Å². The van der Waals surface area contributed by atoms with Gasteiger partial charge in [-0.05, 0) is 12.8 Å². The van der Waals surface area contributed by atoms with E-state index in [1.807, 2.05) is 18.2 Å². The fourth-order valence-corrected chi connectivity index (χ4v) is 0.534. The molecule has 0 bridgehead atoms. The molecule has 0 spiro atoms. The Morgan fingerprint density at radius 3 is 1.29 bits per heavy atom. The van der Waals surface area contributed by atoms with Crippen LogP contribution in [0.15, 0.2) is 30.3 Å². The van der Waals surface area contributed by atoms with Gasteiger partial charge in [-0.15, -0.1) is 0 Å². The molecule has 1 aromatic rings. The predicted octanol–water partition coefficient (Wildman–Crippen LogP) is 4.56. The van der Waals surface area contributed by atoms with Crippen LogP contribution in [-0.2, 0) is 19.5 Å². The van der Waals surface area contributed by atoms with Gasteiger partial charge in [-0.2, -0.15) is 0 Å².